The predicted molar refractivity (Wildman–Crippen MR) is 91.4 cm³/mol. The summed E-state index contributed by atoms with van der Waals surface area (Å²) in [5.74, 6) is -0.560. The Balaban J connectivity index is 2.16. The number of nitrogens with zero attached hydrogens (tertiary/aromatic N) is 1. The number of rotatable bonds is 2. The first-order chi connectivity index (χ1) is 10.9. The summed E-state index contributed by atoms with van der Waals surface area (Å²) in [5.41, 5.74) is 0.00698. The molecule has 0 amide bonds. The third kappa shape index (κ3) is 3.08. The number of sulfonamides is 1. The maximum Gasteiger partial charge on any atom is 0.283 e. The quantitative estimate of drug-likeness (QED) is 0.760. The Morgan fingerprint density at radius 1 is 0.870 bits per heavy atom. The van der Waals surface area contributed by atoms with Crippen LogP contribution < -0.4 is 0 Å². The lowest BCUT2D eigenvalue weighted by Gasteiger charge is -2.08. The van der Waals surface area contributed by atoms with Gasteiger partial charge >= 0.3 is 0 Å². The summed E-state index contributed by atoms with van der Waals surface area (Å²) in [6.07, 6.45) is 2.36. The molecular formula is C16H9Cl2NO3S. The minimum Gasteiger partial charge on any atom is -0.287 e. The minimum absolute atomic E-state index is 0.00698. The molecule has 0 atom stereocenters. The second kappa shape index (κ2) is 5.92. The Bertz CT molecular complexity index is 991. The number of benzene rings is 2. The minimum atomic E-state index is -3.98. The predicted octanol–water partition coefficient (Wildman–Crippen LogP) is 3.80. The zero-order valence-electron chi connectivity index (χ0n) is 11.5. The Labute approximate surface area is 142 Å². The number of fused-ring (bicyclic) bond motifs is 1. The summed E-state index contributed by atoms with van der Waals surface area (Å²) >= 11 is 11.5. The maximum atomic E-state index is 12.6. The largest absolute Gasteiger partial charge is 0.287 e. The summed E-state index contributed by atoms with van der Waals surface area (Å²) < 4.78 is 28.9. The van der Waals surface area contributed by atoms with Crippen LogP contribution in [0.1, 0.15) is 0 Å². The molecule has 0 aliphatic heterocycles. The van der Waals surface area contributed by atoms with Gasteiger partial charge in [-0.1, -0.05) is 59.6 Å². The second-order valence-corrected chi connectivity index (χ2v) is 7.17. The Hall–Kier alpha value is -1.95. The van der Waals surface area contributed by atoms with E-state index in [-0.39, 0.29) is 20.7 Å². The lowest BCUT2D eigenvalue weighted by molar-refractivity contribution is -0.111. The number of ketones is 1. The van der Waals surface area contributed by atoms with Gasteiger partial charge in [-0.05, 0) is 23.6 Å². The van der Waals surface area contributed by atoms with E-state index in [0.717, 1.165) is 5.39 Å². The van der Waals surface area contributed by atoms with Crippen molar-refractivity contribution in [3.8, 4) is 0 Å². The van der Waals surface area contributed by atoms with Crippen LogP contribution in [0.2, 0.25) is 0 Å². The van der Waals surface area contributed by atoms with Gasteiger partial charge in [0.1, 0.15) is 0 Å². The van der Waals surface area contributed by atoms with Crippen LogP contribution in [0.25, 0.3) is 10.8 Å². The molecule has 2 aromatic carbocycles. The van der Waals surface area contributed by atoms with E-state index in [9.17, 15) is 13.2 Å². The number of halogens is 2. The zero-order valence-corrected chi connectivity index (χ0v) is 13.9. The van der Waals surface area contributed by atoms with Crippen LogP contribution in [-0.4, -0.2) is 19.9 Å². The molecule has 0 spiro atoms. The van der Waals surface area contributed by atoms with E-state index in [0.29, 0.717) is 5.39 Å². The van der Waals surface area contributed by atoms with Gasteiger partial charge in [-0.25, -0.2) is 0 Å². The lowest BCUT2D eigenvalue weighted by Crippen LogP contribution is -2.10. The van der Waals surface area contributed by atoms with Crippen LogP contribution in [0.5, 0.6) is 0 Å². The molecule has 0 saturated heterocycles. The summed E-state index contributed by atoms with van der Waals surface area (Å²) in [6.45, 7) is 0. The van der Waals surface area contributed by atoms with E-state index >= 15 is 0 Å². The SMILES string of the molecule is O=C1C(Cl)=CC(=NS(=O)(=O)c2cccc3ccccc23)C=C1Cl. The molecule has 23 heavy (non-hydrogen) atoms. The molecule has 4 nitrogen and oxygen atoms in total. The summed E-state index contributed by atoms with van der Waals surface area (Å²) in [4.78, 5) is 11.6. The van der Waals surface area contributed by atoms with Crippen LogP contribution in [0.3, 0.4) is 0 Å². The van der Waals surface area contributed by atoms with E-state index < -0.39 is 15.8 Å². The van der Waals surface area contributed by atoms with Crippen molar-refractivity contribution in [1.29, 1.82) is 0 Å². The molecule has 0 saturated carbocycles. The highest BCUT2D eigenvalue weighted by atomic mass is 35.5. The topological polar surface area (TPSA) is 63.6 Å². The second-order valence-electron chi connectivity index (χ2n) is 4.78. The molecule has 0 unspecified atom stereocenters. The van der Waals surface area contributed by atoms with Crippen molar-refractivity contribution < 1.29 is 13.2 Å². The number of allylic oxidation sites excluding steroid dienone is 4. The van der Waals surface area contributed by atoms with Crippen molar-refractivity contribution >= 4 is 55.5 Å². The maximum absolute atomic E-state index is 12.6. The molecule has 0 bridgehead atoms. The molecular weight excluding hydrogens is 357 g/mol. The third-order valence-electron chi connectivity index (χ3n) is 3.24. The third-order valence-corrected chi connectivity index (χ3v) is 5.16. The lowest BCUT2D eigenvalue weighted by atomic mass is 10.1. The van der Waals surface area contributed by atoms with E-state index in [1.807, 2.05) is 18.2 Å². The summed E-state index contributed by atoms with van der Waals surface area (Å²) in [6, 6.07) is 12.0. The first kappa shape index (κ1) is 15.9. The number of hydrogen-bond donors (Lipinski definition) is 0. The van der Waals surface area contributed by atoms with E-state index in [4.69, 9.17) is 23.2 Å². The first-order valence-electron chi connectivity index (χ1n) is 6.50. The van der Waals surface area contributed by atoms with Crippen molar-refractivity contribution in [1.82, 2.24) is 0 Å². The molecule has 0 N–H and O–H groups in total. The van der Waals surface area contributed by atoms with E-state index in [1.54, 1.807) is 18.2 Å². The van der Waals surface area contributed by atoms with E-state index in [1.165, 1.54) is 18.2 Å². The van der Waals surface area contributed by atoms with Gasteiger partial charge in [-0.3, -0.25) is 4.79 Å². The van der Waals surface area contributed by atoms with Gasteiger partial charge in [0, 0.05) is 5.39 Å². The van der Waals surface area contributed by atoms with Crippen molar-refractivity contribution in [2.45, 2.75) is 4.90 Å². The number of Topliss-reactive ketones (excluding diaryl/α,β-unsaturated/α-hetero) is 1. The Kier molecular flexibility index (Phi) is 4.10. The molecule has 116 valence electrons. The normalized spacial score (nSPS) is 15.4. The number of carbonyl (C=O) groups excluding carboxylic acids is 1. The van der Waals surface area contributed by atoms with Gasteiger partial charge in [0.25, 0.3) is 10.0 Å². The number of hydrogen-bond acceptors (Lipinski definition) is 3. The standard InChI is InChI=1S/C16H9Cl2NO3S/c17-13-8-11(9-14(18)16(13)20)19-23(21,22)15-7-3-5-10-4-1-2-6-12(10)15/h1-9H. The summed E-state index contributed by atoms with van der Waals surface area (Å²) in [5, 5.41) is 1.000. The monoisotopic (exact) mass is 365 g/mol. The van der Waals surface area contributed by atoms with Crippen molar-refractivity contribution in [3.05, 3.63) is 64.7 Å². The van der Waals surface area contributed by atoms with Gasteiger partial charge in [0.15, 0.2) is 0 Å². The van der Waals surface area contributed by atoms with E-state index in [2.05, 4.69) is 4.40 Å². The molecule has 0 aromatic heterocycles. The van der Waals surface area contributed by atoms with Crippen LogP contribution in [0, 0.1) is 0 Å². The van der Waals surface area contributed by atoms with Crippen LogP contribution in [0.15, 0.2) is 74.0 Å². The van der Waals surface area contributed by atoms with Crippen molar-refractivity contribution in [3.63, 3.8) is 0 Å². The van der Waals surface area contributed by atoms with Crippen molar-refractivity contribution in [2.75, 3.05) is 0 Å². The summed E-state index contributed by atoms with van der Waals surface area (Å²) in [7, 11) is -3.98. The zero-order chi connectivity index (χ0) is 16.6. The smallest absolute Gasteiger partial charge is 0.283 e. The Morgan fingerprint density at radius 2 is 1.48 bits per heavy atom. The van der Waals surface area contributed by atoms with Crippen molar-refractivity contribution in [2.24, 2.45) is 4.40 Å². The highest BCUT2D eigenvalue weighted by Crippen LogP contribution is 2.26. The van der Waals surface area contributed by atoms with Crippen LogP contribution in [0.4, 0.5) is 0 Å². The average molecular weight is 366 g/mol. The van der Waals surface area contributed by atoms with Gasteiger partial charge in [-0.2, -0.15) is 12.8 Å². The fourth-order valence-corrected chi connectivity index (χ4v) is 3.88. The van der Waals surface area contributed by atoms with Crippen LogP contribution in [-0.2, 0) is 14.8 Å². The average Bonchev–Trinajstić information content (AvgIpc) is 2.51. The van der Waals surface area contributed by atoms with Gasteiger partial charge in [0.2, 0.25) is 5.78 Å². The number of carbonyl (C=O) groups is 1. The molecule has 3 rings (SSSR count). The molecule has 7 heteroatoms. The van der Waals surface area contributed by atoms with Gasteiger partial charge < -0.3 is 0 Å². The van der Waals surface area contributed by atoms with Gasteiger partial charge in [0.05, 0.1) is 20.7 Å². The molecule has 0 fully saturated rings. The molecule has 0 heterocycles. The fraction of sp³-hybridized carbons (Fsp3) is 0. The molecule has 2 aromatic rings. The highest BCUT2D eigenvalue weighted by Gasteiger charge is 2.21. The fourth-order valence-electron chi connectivity index (χ4n) is 2.21. The molecule has 1 aliphatic rings. The van der Waals surface area contributed by atoms with Crippen LogP contribution >= 0.6 is 23.2 Å². The van der Waals surface area contributed by atoms with Gasteiger partial charge in [-0.15, -0.1) is 0 Å². The first-order valence-corrected chi connectivity index (χ1v) is 8.70. The molecule has 0 radical (unpaired) electrons. The highest BCUT2D eigenvalue weighted by molar-refractivity contribution is 7.90. The molecule has 1 aliphatic carbocycles. The Morgan fingerprint density at radius 3 is 2.17 bits per heavy atom.